The molecule has 23 heavy (non-hydrogen) atoms. The molecule has 3 heterocycles. The summed E-state index contributed by atoms with van der Waals surface area (Å²) >= 11 is 1.46. The number of hydrogen-bond acceptors (Lipinski definition) is 7. The van der Waals surface area contributed by atoms with E-state index in [0.717, 1.165) is 36.1 Å². The molecule has 2 aromatic rings. The Morgan fingerprint density at radius 1 is 1.39 bits per heavy atom. The first kappa shape index (κ1) is 16.1. The summed E-state index contributed by atoms with van der Waals surface area (Å²) in [7, 11) is 1.62. The number of ether oxygens (including phenoxy) is 1. The molecule has 124 valence electrons. The van der Waals surface area contributed by atoms with Gasteiger partial charge in [-0.3, -0.25) is 9.69 Å². The number of carbonyl (C=O) groups is 1. The molecular weight excluding hydrogens is 316 g/mol. The first-order valence-corrected chi connectivity index (χ1v) is 8.41. The number of carbonyl (C=O) groups excluding carboxylic acids is 1. The third-order valence-electron chi connectivity index (χ3n) is 3.75. The maximum atomic E-state index is 12.5. The van der Waals surface area contributed by atoms with Gasteiger partial charge in [-0.05, 0) is 6.92 Å². The molecule has 0 saturated carbocycles. The molecule has 0 spiro atoms. The zero-order valence-electron chi connectivity index (χ0n) is 13.3. The summed E-state index contributed by atoms with van der Waals surface area (Å²) < 4.78 is 10.3. The first-order valence-electron chi connectivity index (χ1n) is 7.53. The number of methoxy groups -OCH3 is 1. The van der Waals surface area contributed by atoms with Crippen molar-refractivity contribution in [2.24, 2.45) is 0 Å². The van der Waals surface area contributed by atoms with E-state index in [1.807, 2.05) is 17.9 Å². The molecule has 0 N–H and O–H groups in total. The molecule has 0 bridgehead atoms. The van der Waals surface area contributed by atoms with Crippen LogP contribution in [-0.2, 0) is 17.9 Å². The van der Waals surface area contributed by atoms with Crippen LogP contribution in [0.5, 0.6) is 0 Å². The molecule has 1 saturated heterocycles. The van der Waals surface area contributed by atoms with Gasteiger partial charge in [-0.2, -0.15) is 0 Å². The highest BCUT2D eigenvalue weighted by Crippen LogP contribution is 2.15. The molecule has 1 amide bonds. The zero-order chi connectivity index (χ0) is 16.2. The summed E-state index contributed by atoms with van der Waals surface area (Å²) in [6, 6.07) is 1.95. The number of aromatic nitrogens is 2. The van der Waals surface area contributed by atoms with Crippen LogP contribution < -0.4 is 0 Å². The van der Waals surface area contributed by atoms with E-state index in [2.05, 4.69) is 15.0 Å². The fraction of sp³-hybridized carbons (Fsp3) is 0.533. The molecule has 0 aromatic carbocycles. The number of thiazole rings is 1. The van der Waals surface area contributed by atoms with Crippen LogP contribution in [0.4, 0.5) is 0 Å². The molecule has 0 aliphatic carbocycles. The summed E-state index contributed by atoms with van der Waals surface area (Å²) in [6.07, 6.45) is 0. The molecular formula is C15H20N4O3S. The minimum atomic E-state index is -0.00115. The van der Waals surface area contributed by atoms with Crippen LogP contribution in [0.2, 0.25) is 0 Å². The van der Waals surface area contributed by atoms with Crippen LogP contribution in [0.15, 0.2) is 16.0 Å². The summed E-state index contributed by atoms with van der Waals surface area (Å²) in [5, 5.41) is 6.53. The van der Waals surface area contributed by atoms with E-state index in [0.29, 0.717) is 25.4 Å². The molecule has 0 radical (unpaired) electrons. The van der Waals surface area contributed by atoms with E-state index >= 15 is 0 Å². The monoisotopic (exact) mass is 336 g/mol. The Balaban J connectivity index is 1.52. The van der Waals surface area contributed by atoms with E-state index in [4.69, 9.17) is 9.26 Å². The third kappa shape index (κ3) is 3.95. The van der Waals surface area contributed by atoms with Crippen molar-refractivity contribution in [2.45, 2.75) is 20.1 Å². The highest BCUT2D eigenvalue weighted by molar-refractivity contribution is 7.09. The lowest BCUT2D eigenvalue weighted by Gasteiger charge is -2.33. The van der Waals surface area contributed by atoms with Gasteiger partial charge in [0.25, 0.3) is 5.91 Å². The Morgan fingerprint density at radius 2 is 2.17 bits per heavy atom. The Morgan fingerprint density at radius 3 is 2.83 bits per heavy atom. The highest BCUT2D eigenvalue weighted by atomic mass is 32.1. The fourth-order valence-corrected chi connectivity index (χ4v) is 3.32. The predicted molar refractivity (Wildman–Crippen MR) is 85.2 cm³/mol. The SMILES string of the molecule is COCc1nc(C(=O)N2CCN(Cc3cc(C)no3)CC2)cs1. The van der Waals surface area contributed by atoms with Crippen LogP contribution in [0.1, 0.15) is 27.0 Å². The Labute approximate surface area is 138 Å². The number of nitrogens with zero attached hydrogens (tertiary/aromatic N) is 4. The summed E-state index contributed by atoms with van der Waals surface area (Å²) in [4.78, 5) is 20.9. The van der Waals surface area contributed by atoms with Crippen LogP contribution >= 0.6 is 11.3 Å². The fourth-order valence-electron chi connectivity index (χ4n) is 2.58. The molecule has 3 rings (SSSR count). The van der Waals surface area contributed by atoms with Gasteiger partial charge in [0.05, 0.1) is 18.8 Å². The molecule has 1 fully saturated rings. The Hall–Kier alpha value is -1.77. The zero-order valence-corrected chi connectivity index (χ0v) is 14.1. The number of piperazine rings is 1. The van der Waals surface area contributed by atoms with Crippen molar-refractivity contribution < 1.29 is 14.1 Å². The van der Waals surface area contributed by atoms with Crippen LogP contribution in [0.3, 0.4) is 0 Å². The van der Waals surface area contributed by atoms with Crippen LogP contribution in [0, 0.1) is 6.92 Å². The van der Waals surface area contributed by atoms with Gasteiger partial charge in [0.1, 0.15) is 10.7 Å². The summed E-state index contributed by atoms with van der Waals surface area (Å²) in [5.74, 6) is 0.866. The van der Waals surface area contributed by atoms with Crippen molar-refractivity contribution >= 4 is 17.2 Å². The van der Waals surface area contributed by atoms with Crippen molar-refractivity contribution in [1.29, 1.82) is 0 Å². The summed E-state index contributed by atoms with van der Waals surface area (Å²) in [5.41, 5.74) is 1.41. The Bertz CT molecular complexity index is 661. The van der Waals surface area contributed by atoms with Crippen molar-refractivity contribution in [2.75, 3.05) is 33.3 Å². The van der Waals surface area contributed by atoms with Gasteiger partial charge in [-0.15, -0.1) is 11.3 Å². The predicted octanol–water partition coefficient (Wildman–Crippen LogP) is 1.54. The third-order valence-corrected chi connectivity index (χ3v) is 4.58. The average molecular weight is 336 g/mol. The quantitative estimate of drug-likeness (QED) is 0.825. The second-order valence-electron chi connectivity index (χ2n) is 5.56. The van der Waals surface area contributed by atoms with Crippen molar-refractivity contribution in [3.8, 4) is 0 Å². The highest BCUT2D eigenvalue weighted by Gasteiger charge is 2.24. The second-order valence-corrected chi connectivity index (χ2v) is 6.51. The smallest absolute Gasteiger partial charge is 0.273 e. The van der Waals surface area contributed by atoms with Gasteiger partial charge < -0.3 is 14.2 Å². The van der Waals surface area contributed by atoms with Crippen molar-refractivity contribution in [3.63, 3.8) is 0 Å². The van der Waals surface area contributed by atoms with Gasteiger partial charge in [0.15, 0.2) is 5.76 Å². The molecule has 8 heteroatoms. The topological polar surface area (TPSA) is 71.7 Å². The van der Waals surface area contributed by atoms with E-state index < -0.39 is 0 Å². The van der Waals surface area contributed by atoms with Gasteiger partial charge in [-0.25, -0.2) is 4.98 Å². The molecule has 7 nitrogen and oxygen atoms in total. The van der Waals surface area contributed by atoms with Crippen LogP contribution in [0.25, 0.3) is 0 Å². The van der Waals surface area contributed by atoms with Crippen molar-refractivity contribution in [1.82, 2.24) is 19.9 Å². The van der Waals surface area contributed by atoms with Gasteiger partial charge in [0, 0.05) is 44.7 Å². The molecule has 1 aliphatic heterocycles. The second kappa shape index (κ2) is 7.20. The normalized spacial score (nSPS) is 16.0. The molecule has 0 atom stereocenters. The lowest BCUT2D eigenvalue weighted by molar-refractivity contribution is 0.0612. The van der Waals surface area contributed by atoms with E-state index in [1.165, 1.54) is 11.3 Å². The van der Waals surface area contributed by atoms with E-state index in [-0.39, 0.29) is 5.91 Å². The first-order chi connectivity index (χ1) is 11.2. The molecule has 2 aromatic heterocycles. The number of rotatable bonds is 5. The van der Waals surface area contributed by atoms with Gasteiger partial charge in [-0.1, -0.05) is 5.16 Å². The maximum absolute atomic E-state index is 12.5. The number of aryl methyl sites for hydroxylation is 1. The Kier molecular flexibility index (Phi) is 5.04. The number of hydrogen-bond donors (Lipinski definition) is 0. The lowest BCUT2D eigenvalue weighted by atomic mass is 10.2. The lowest BCUT2D eigenvalue weighted by Crippen LogP contribution is -2.48. The van der Waals surface area contributed by atoms with Gasteiger partial charge >= 0.3 is 0 Å². The average Bonchev–Trinajstić information content (AvgIpc) is 3.17. The maximum Gasteiger partial charge on any atom is 0.273 e. The molecule has 1 aliphatic rings. The van der Waals surface area contributed by atoms with Crippen LogP contribution in [-0.4, -0.2) is 59.1 Å². The van der Waals surface area contributed by atoms with Crippen molar-refractivity contribution in [3.05, 3.63) is 33.6 Å². The van der Waals surface area contributed by atoms with Gasteiger partial charge in [0.2, 0.25) is 0 Å². The van der Waals surface area contributed by atoms with E-state index in [1.54, 1.807) is 12.5 Å². The minimum absolute atomic E-state index is 0.00115. The minimum Gasteiger partial charge on any atom is -0.378 e. The summed E-state index contributed by atoms with van der Waals surface area (Å²) in [6.45, 7) is 6.13. The largest absolute Gasteiger partial charge is 0.378 e. The molecule has 0 unspecified atom stereocenters. The van der Waals surface area contributed by atoms with E-state index in [9.17, 15) is 4.79 Å². The standard InChI is InChI=1S/C15H20N4O3S/c1-11-7-12(22-17-11)8-18-3-5-19(6-4-18)15(20)13-10-23-14(16-13)9-21-2/h7,10H,3-6,8-9H2,1-2H3. The number of amides is 1.